The van der Waals surface area contributed by atoms with Crippen LogP contribution in [0, 0.1) is 6.92 Å². The number of anilines is 1. The van der Waals surface area contributed by atoms with E-state index in [1.807, 2.05) is 41.5 Å². The summed E-state index contributed by atoms with van der Waals surface area (Å²) in [6, 6.07) is 0. The fourth-order valence-corrected chi connectivity index (χ4v) is 1.56. The molecule has 0 aliphatic carbocycles. The van der Waals surface area contributed by atoms with Crippen molar-refractivity contribution in [3.63, 3.8) is 0 Å². The summed E-state index contributed by atoms with van der Waals surface area (Å²) >= 11 is 6.21. The Morgan fingerprint density at radius 3 is 1.90 bits per heavy atom. The number of rotatable bonds is 3. The van der Waals surface area contributed by atoms with Gasteiger partial charge in [-0.15, -0.1) is 0 Å². The van der Waals surface area contributed by atoms with Gasteiger partial charge in [-0.25, -0.2) is 9.97 Å². The molecule has 4 nitrogen and oxygen atoms in total. The van der Waals surface area contributed by atoms with Gasteiger partial charge in [0, 0.05) is 11.0 Å². The molecule has 1 rings (SSSR count). The van der Waals surface area contributed by atoms with E-state index in [1.165, 1.54) is 0 Å². The minimum atomic E-state index is -0.904. The molecule has 0 aliphatic heterocycles. The van der Waals surface area contributed by atoms with Gasteiger partial charge in [0.25, 0.3) is 0 Å². The molecule has 0 radical (unpaired) electrons. The maximum absolute atomic E-state index is 10.3. The average molecular weight is 300 g/mol. The van der Waals surface area contributed by atoms with Crippen LogP contribution in [0.2, 0.25) is 5.15 Å². The average Bonchev–Trinajstić information content (AvgIpc) is 2.21. The number of halogens is 1. The first-order chi connectivity index (χ1) is 8.75. The Morgan fingerprint density at radius 2 is 1.50 bits per heavy atom. The second kappa shape index (κ2) is 5.15. The summed E-state index contributed by atoms with van der Waals surface area (Å²) in [6.45, 7) is 15.4. The van der Waals surface area contributed by atoms with E-state index >= 15 is 0 Å². The lowest BCUT2D eigenvalue weighted by Gasteiger charge is -2.39. The van der Waals surface area contributed by atoms with Gasteiger partial charge in [0.05, 0.1) is 11.1 Å². The molecule has 5 heteroatoms. The van der Waals surface area contributed by atoms with E-state index in [4.69, 9.17) is 11.6 Å². The van der Waals surface area contributed by atoms with Gasteiger partial charge in [0.2, 0.25) is 0 Å². The molecule has 0 saturated heterocycles. The quantitative estimate of drug-likeness (QED) is 0.836. The lowest BCUT2D eigenvalue weighted by atomic mass is 9.86. The van der Waals surface area contributed by atoms with Gasteiger partial charge in [-0.3, -0.25) is 0 Å². The van der Waals surface area contributed by atoms with Crippen molar-refractivity contribution in [2.45, 2.75) is 71.9 Å². The van der Waals surface area contributed by atoms with Crippen LogP contribution in [0.25, 0.3) is 0 Å². The van der Waals surface area contributed by atoms with Gasteiger partial charge in [-0.2, -0.15) is 0 Å². The summed E-state index contributed by atoms with van der Waals surface area (Å²) in [5, 5.41) is 14.0. The normalized spacial score (nSPS) is 13.5. The molecule has 2 N–H and O–H groups in total. The highest BCUT2D eigenvalue weighted by atomic mass is 35.5. The summed E-state index contributed by atoms with van der Waals surface area (Å²) in [4.78, 5) is 8.93. The molecule has 0 amide bonds. The van der Waals surface area contributed by atoms with Gasteiger partial charge >= 0.3 is 0 Å². The molecule has 0 spiro atoms. The van der Waals surface area contributed by atoms with Gasteiger partial charge < -0.3 is 10.4 Å². The number of nitrogens with zero attached hydrogens (tertiary/aromatic N) is 2. The first-order valence-corrected chi connectivity index (χ1v) is 7.18. The third-order valence-electron chi connectivity index (χ3n) is 3.72. The van der Waals surface area contributed by atoms with E-state index in [-0.39, 0.29) is 5.41 Å². The Labute approximate surface area is 127 Å². The predicted molar refractivity (Wildman–Crippen MR) is 84.5 cm³/mol. The zero-order chi connectivity index (χ0) is 15.9. The van der Waals surface area contributed by atoms with Crippen molar-refractivity contribution in [1.82, 2.24) is 9.97 Å². The highest BCUT2D eigenvalue weighted by molar-refractivity contribution is 6.30. The monoisotopic (exact) mass is 299 g/mol. The van der Waals surface area contributed by atoms with E-state index in [1.54, 1.807) is 13.8 Å². The topological polar surface area (TPSA) is 58.0 Å². The molecule has 1 heterocycles. The van der Waals surface area contributed by atoms with Crippen LogP contribution in [0.3, 0.4) is 0 Å². The van der Waals surface area contributed by atoms with Gasteiger partial charge in [0.15, 0.2) is 0 Å². The minimum Gasteiger partial charge on any atom is -0.388 e. The van der Waals surface area contributed by atoms with Crippen LogP contribution in [-0.4, -0.2) is 26.2 Å². The Kier molecular flexibility index (Phi) is 4.43. The molecule has 0 saturated carbocycles. The Morgan fingerprint density at radius 1 is 1.00 bits per heavy atom. The van der Waals surface area contributed by atoms with Crippen LogP contribution >= 0.6 is 11.6 Å². The smallest absolute Gasteiger partial charge is 0.137 e. The molecule has 0 bridgehead atoms. The molecule has 0 aliphatic rings. The predicted octanol–water partition coefficient (Wildman–Crippen LogP) is 3.70. The lowest BCUT2D eigenvalue weighted by molar-refractivity contribution is 0.0238. The highest BCUT2D eigenvalue weighted by Crippen LogP contribution is 2.30. The highest BCUT2D eigenvalue weighted by Gasteiger charge is 2.36. The SMILES string of the molecule is Cc1c(Cl)nc(C(C)(C)C)nc1NC(C)(C)C(C)(C)O. The van der Waals surface area contributed by atoms with E-state index in [9.17, 15) is 5.11 Å². The summed E-state index contributed by atoms with van der Waals surface area (Å²) in [5.74, 6) is 1.35. The largest absolute Gasteiger partial charge is 0.388 e. The Balaban J connectivity index is 3.29. The molecule has 20 heavy (non-hydrogen) atoms. The van der Waals surface area contributed by atoms with Gasteiger partial charge in [-0.05, 0) is 34.6 Å². The molecular weight excluding hydrogens is 274 g/mol. The van der Waals surface area contributed by atoms with Crippen molar-refractivity contribution in [2.75, 3.05) is 5.32 Å². The summed E-state index contributed by atoms with van der Waals surface area (Å²) < 4.78 is 0. The summed E-state index contributed by atoms with van der Waals surface area (Å²) in [6.07, 6.45) is 0. The summed E-state index contributed by atoms with van der Waals surface area (Å²) in [7, 11) is 0. The number of aliphatic hydroxyl groups is 1. The first kappa shape index (κ1) is 17.2. The zero-order valence-electron chi connectivity index (χ0n) is 13.7. The fourth-order valence-electron chi connectivity index (χ4n) is 1.40. The second-order valence-electron chi connectivity index (χ2n) is 7.37. The third-order valence-corrected chi connectivity index (χ3v) is 4.09. The van der Waals surface area contributed by atoms with Crippen LogP contribution in [0.1, 0.15) is 59.9 Å². The maximum Gasteiger partial charge on any atom is 0.137 e. The van der Waals surface area contributed by atoms with Crippen molar-refractivity contribution in [3.05, 3.63) is 16.5 Å². The number of nitrogens with one attached hydrogen (secondary N) is 1. The van der Waals surface area contributed by atoms with Gasteiger partial charge in [-0.1, -0.05) is 32.4 Å². The van der Waals surface area contributed by atoms with Crippen molar-refractivity contribution >= 4 is 17.4 Å². The first-order valence-electron chi connectivity index (χ1n) is 6.81. The van der Waals surface area contributed by atoms with Gasteiger partial charge in [0.1, 0.15) is 16.8 Å². The number of hydrogen-bond donors (Lipinski definition) is 2. The molecular formula is C15H26ClN3O. The zero-order valence-corrected chi connectivity index (χ0v) is 14.5. The molecule has 0 aromatic carbocycles. The second-order valence-corrected chi connectivity index (χ2v) is 7.73. The molecule has 1 aromatic rings. The molecule has 0 fully saturated rings. The Bertz CT molecular complexity index is 499. The summed E-state index contributed by atoms with van der Waals surface area (Å²) in [5.41, 5.74) is -0.854. The van der Waals surface area contributed by atoms with Crippen molar-refractivity contribution in [2.24, 2.45) is 0 Å². The van der Waals surface area contributed by atoms with E-state index in [2.05, 4.69) is 15.3 Å². The van der Waals surface area contributed by atoms with Crippen LogP contribution in [0.5, 0.6) is 0 Å². The van der Waals surface area contributed by atoms with Crippen molar-refractivity contribution in [3.8, 4) is 0 Å². The van der Waals surface area contributed by atoms with Crippen LogP contribution in [0.15, 0.2) is 0 Å². The minimum absolute atomic E-state index is 0.188. The van der Waals surface area contributed by atoms with Crippen molar-refractivity contribution in [1.29, 1.82) is 0 Å². The van der Waals surface area contributed by atoms with E-state index < -0.39 is 11.1 Å². The van der Waals surface area contributed by atoms with Crippen molar-refractivity contribution < 1.29 is 5.11 Å². The van der Waals surface area contributed by atoms with E-state index in [0.717, 1.165) is 5.56 Å². The van der Waals surface area contributed by atoms with Crippen LogP contribution in [-0.2, 0) is 5.41 Å². The molecule has 1 aromatic heterocycles. The Hall–Kier alpha value is -0.870. The lowest BCUT2D eigenvalue weighted by Crippen LogP contribution is -2.51. The number of aromatic nitrogens is 2. The standard InChI is InChI=1S/C15H26ClN3O/c1-9-10(16)17-12(13(2,3)4)18-11(9)19-14(5,6)15(7,8)20/h20H,1-8H3,(H,17,18,19). The van der Waals surface area contributed by atoms with Crippen LogP contribution < -0.4 is 5.32 Å². The van der Waals surface area contributed by atoms with Crippen LogP contribution in [0.4, 0.5) is 5.82 Å². The molecule has 114 valence electrons. The molecule has 0 atom stereocenters. The molecule has 0 unspecified atom stereocenters. The van der Waals surface area contributed by atoms with E-state index in [0.29, 0.717) is 16.8 Å². The third kappa shape index (κ3) is 3.61. The maximum atomic E-state index is 10.3. The fraction of sp³-hybridized carbons (Fsp3) is 0.733. The number of hydrogen-bond acceptors (Lipinski definition) is 4.